The summed E-state index contributed by atoms with van der Waals surface area (Å²) in [5, 5.41) is 0. The van der Waals surface area contributed by atoms with Crippen molar-refractivity contribution in [3.8, 4) is 0 Å². The van der Waals surface area contributed by atoms with Crippen LogP contribution in [0, 0.1) is 6.92 Å². The van der Waals surface area contributed by atoms with Crippen LogP contribution < -0.4 is 0 Å². The molecule has 0 N–H and O–H groups in total. The van der Waals surface area contributed by atoms with Crippen LogP contribution in [0.25, 0.3) is 0 Å². The van der Waals surface area contributed by atoms with Gasteiger partial charge < -0.3 is 4.74 Å². The van der Waals surface area contributed by atoms with Gasteiger partial charge in [0.15, 0.2) is 5.78 Å². The van der Waals surface area contributed by atoms with E-state index in [1.54, 1.807) is 0 Å². The molecule has 8 heavy (non-hydrogen) atoms. The minimum atomic E-state index is -0.666. The molecule has 0 aliphatic rings. The van der Waals surface area contributed by atoms with Gasteiger partial charge in [0, 0.05) is 0 Å². The maximum absolute atomic E-state index is 10.0. The molecule has 3 nitrogen and oxygen atoms in total. The third kappa shape index (κ3) is 5.14. The SMILES string of the molecule is [CH2]C(=O)OCC(C)=O. The van der Waals surface area contributed by atoms with Gasteiger partial charge in [0.2, 0.25) is 0 Å². The standard InChI is InChI=1S/C5H7O3/c1-4(6)3-8-5(2)7/h2-3H2,1H3. The van der Waals surface area contributed by atoms with E-state index in [0.717, 1.165) is 0 Å². The minimum absolute atomic E-state index is 0.164. The van der Waals surface area contributed by atoms with E-state index in [2.05, 4.69) is 11.7 Å². The van der Waals surface area contributed by atoms with Crippen molar-refractivity contribution in [1.82, 2.24) is 0 Å². The number of hydrogen-bond donors (Lipinski definition) is 0. The number of hydrogen-bond acceptors (Lipinski definition) is 3. The van der Waals surface area contributed by atoms with Crippen molar-refractivity contribution in [1.29, 1.82) is 0 Å². The van der Waals surface area contributed by atoms with E-state index in [0.29, 0.717) is 0 Å². The lowest BCUT2D eigenvalue weighted by Crippen LogP contribution is -2.07. The first-order chi connectivity index (χ1) is 3.63. The number of ketones is 1. The number of carbonyl (C=O) groups excluding carboxylic acids is 2. The largest absolute Gasteiger partial charge is 0.458 e. The smallest absolute Gasteiger partial charge is 0.306 e. The van der Waals surface area contributed by atoms with Gasteiger partial charge in [-0.15, -0.1) is 0 Å². The summed E-state index contributed by atoms with van der Waals surface area (Å²) in [6.45, 7) is 4.07. The molecule has 0 aromatic heterocycles. The molecule has 0 aromatic carbocycles. The molecule has 0 bridgehead atoms. The lowest BCUT2D eigenvalue weighted by atomic mass is 10.5. The van der Waals surface area contributed by atoms with Gasteiger partial charge in [-0.1, -0.05) is 0 Å². The van der Waals surface area contributed by atoms with Gasteiger partial charge >= 0.3 is 5.97 Å². The topological polar surface area (TPSA) is 43.4 Å². The van der Waals surface area contributed by atoms with Crippen molar-refractivity contribution in [2.45, 2.75) is 6.92 Å². The van der Waals surface area contributed by atoms with Crippen LogP contribution in [-0.4, -0.2) is 18.4 Å². The molecular formula is C5H7O3. The zero-order valence-corrected chi connectivity index (χ0v) is 4.64. The number of Topliss-reactive ketones (excluding diaryl/α,β-unsaturated/α-hetero) is 1. The highest BCUT2D eigenvalue weighted by atomic mass is 16.5. The van der Waals surface area contributed by atoms with Gasteiger partial charge in [-0.05, 0) is 6.92 Å². The molecule has 0 rings (SSSR count). The number of esters is 1. The fraction of sp³-hybridized carbons (Fsp3) is 0.400. The molecule has 0 spiro atoms. The van der Waals surface area contributed by atoms with Gasteiger partial charge in [0.05, 0.1) is 6.92 Å². The summed E-state index contributed by atoms with van der Waals surface area (Å²) in [7, 11) is 0. The van der Waals surface area contributed by atoms with E-state index in [1.807, 2.05) is 0 Å². The number of ether oxygens (including phenoxy) is 1. The monoisotopic (exact) mass is 115 g/mol. The Balaban J connectivity index is 3.18. The summed E-state index contributed by atoms with van der Waals surface area (Å²) < 4.78 is 4.20. The molecule has 0 aliphatic heterocycles. The van der Waals surface area contributed by atoms with Crippen molar-refractivity contribution in [3.63, 3.8) is 0 Å². The van der Waals surface area contributed by atoms with Crippen molar-refractivity contribution in [3.05, 3.63) is 6.92 Å². The maximum Gasteiger partial charge on any atom is 0.306 e. The molecule has 0 aromatic rings. The molecule has 3 heteroatoms. The Hall–Kier alpha value is -0.860. The highest BCUT2D eigenvalue weighted by Gasteiger charge is 1.94. The van der Waals surface area contributed by atoms with Crippen LogP contribution in [0.4, 0.5) is 0 Å². The summed E-state index contributed by atoms with van der Waals surface area (Å²) >= 11 is 0. The van der Waals surface area contributed by atoms with Crippen LogP contribution in [-0.2, 0) is 14.3 Å². The van der Waals surface area contributed by atoms with Crippen LogP contribution >= 0.6 is 0 Å². The molecular weight excluding hydrogens is 108 g/mol. The first-order valence-electron chi connectivity index (χ1n) is 2.11. The average Bonchev–Trinajstić information content (AvgIpc) is 1.61. The summed E-state index contributed by atoms with van der Waals surface area (Å²) in [5.74, 6) is -0.845. The minimum Gasteiger partial charge on any atom is -0.458 e. The Labute approximate surface area is 47.6 Å². The summed E-state index contributed by atoms with van der Waals surface area (Å²) in [4.78, 5) is 19.9. The predicted molar refractivity (Wildman–Crippen MR) is 27.0 cm³/mol. The third-order valence-electron chi connectivity index (χ3n) is 0.436. The molecule has 0 unspecified atom stereocenters. The number of carbonyl (C=O) groups is 2. The van der Waals surface area contributed by atoms with Crippen molar-refractivity contribution in [2.75, 3.05) is 6.61 Å². The molecule has 0 fully saturated rings. The van der Waals surface area contributed by atoms with E-state index in [9.17, 15) is 9.59 Å². The van der Waals surface area contributed by atoms with Gasteiger partial charge in [-0.2, -0.15) is 0 Å². The average molecular weight is 115 g/mol. The predicted octanol–water partition coefficient (Wildman–Crippen LogP) is -0.0473. The summed E-state index contributed by atoms with van der Waals surface area (Å²) in [6.07, 6.45) is 0. The highest BCUT2D eigenvalue weighted by Crippen LogP contribution is 1.75. The Morgan fingerprint density at radius 2 is 2.12 bits per heavy atom. The van der Waals surface area contributed by atoms with E-state index < -0.39 is 5.97 Å². The van der Waals surface area contributed by atoms with E-state index >= 15 is 0 Å². The highest BCUT2D eigenvalue weighted by molar-refractivity contribution is 5.81. The van der Waals surface area contributed by atoms with Crippen LogP contribution in [0.5, 0.6) is 0 Å². The van der Waals surface area contributed by atoms with E-state index in [1.165, 1.54) is 6.92 Å². The van der Waals surface area contributed by atoms with E-state index in [-0.39, 0.29) is 12.4 Å². The Bertz CT molecular complexity index is 92.2. The molecule has 0 heterocycles. The van der Waals surface area contributed by atoms with Gasteiger partial charge in [0.1, 0.15) is 6.61 Å². The zero-order chi connectivity index (χ0) is 6.57. The Morgan fingerprint density at radius 3 is 2.25 bits per heavy atom. The van der Waals surface area contributed by atoms with Crippen LogP contribution in [0.1, 0.15) is 6.92 Å². The number of rotatable bonds is 2. The van der Waals surface area contributed by atoms with Crippen LogP contribution in [0.15, 0.2) is 0 Å². The molecule has 45 valence electrons. The van der Waals surface area contributed by atoms with Crippen LogP contribution in [0.3, 0.4) is 0 Å². The Morgan fingerprint density at radius 1 is 1.62 bits per heavy atom. The first-order valence-corrected chi connectivity index (χ1v) is 2.11. The third-order valence-corrected chi connectivity index (χ3v) is 0.436. The zero-order valence-electron chi connectivity index (χ0n) is 4.64. The quantitative estimate of drug-likeness (QED) is 0.474. The van der Waals surface area contributed by atoms with Gasteiger partial charge in [0.25, 0.3) is 0 Å². The normalized spacial score (nSPS) is 8.25. The maximum atomic E-state index is 10.0. The second-order valence-corrected chi connectivity index (χ2v) is 1.36. The molecule has 1 radical (unpaired) electrons. The lowest BCUT2D eigenvalue weighted by molar-refractivity contribution is -0.142. The summed E-state index contributed by atoms with van der Waals surface area (Å²) in [5.41, 5.74) is 0. The van der Waals surface area contributed by atoms with Crippen molar-refractivity contribution >= 4 is 11.8 Å². The molecule has 0 saturated carbocycles. The lowest BCUT2D eigenvalue weighted by Gasteiger charge is -1.93. The second kappa shape index (κ2) is 3.18. The summed E-state index contributed by atoms with van der Waals surface area (Å²) in [6, 6.07) is 0. The molecule has 0 aliphatic carbocycles. The van der Waals surface area contributed by atoms with Crippen molar-refractivity contribution in [2.24, 2.45) is 0 Å². The Kier molecular flexibility index (Phi) is 2.84. The fourth-order valence-corrected chi connectivity index (χ4v) is 0.182. The fourth-order valence-electron chi connectivity index (χ4n) is 0.182. The second-order valence-electron chi connectivity index (χ2n) is 1.36. The van der Waals surface area contributed by atoms with Crippen molar-refractivity contribution < 1.29 is 14.3 Å². The van der Waals surface area contributed by atoms with E-state index in [4.69, 9.17) is 0 Å². The van der Waals surface area contributed by atoms with Gasteiger partial charge in [-0.3, -0.25) is 9.59 Å². The first kappa shape index (κ1) is 7.14. The molecule has 0 amide bonds. The van der Waals surface area contributed by atoms with Crippen LogP contribution in [0.2, 0.25) is 0 Å². The molecule has 0 saturated heterocycles. The molecule has 0 atom stereocenters. The van der Waals surface area contributed by atoms with Gasteiger partial charge in [-0.25, -0.2) is 0 Å².